The summed E-state index contributed by atoms with van der Waals surface area (Å²) >= 11 is 0. The molecule has 1 aliphatic heterocycles. The Labute approximate surface area is 107 Å². The number of carbonyl (C=O) groups excluding carboxylic acids is 1. The number of sulfone groups is 1. The first kappa shape index (κ1) is 13.8. The van der Waals surface area contributed by atoms with Crippen LogP contribution in [0, 0.1) is 0 Å². The van der Waals surface area contributed by atoms with Crippen LogP contribution in [0.4, 0.5) is 13.2 Å². The van der Waals surface area contributed by atoms with E-state index in [1.807, 2.05) is 0 Å². The van der Waals surface area contributed by atoms with Gasteiger partial charge in [0.15, 0.2) is 0 Å². The molecule has 102 valence electrons. The van der Waals surface area contributed by atoms with E-state index in [-0.39, 0.29) is 22.7 Å². The van der Waals surface area contributed by atoms with Gasteiger partial charge >= 0.3 is 6.18 Å². The SMILES string of the molecule is CC(=O)CC1=Cc2ccc(C(F)(F)F)cc2S1(=O)=O. The number of fused-ring (bicyclic) bond motifs is 1. The van der Waals surface area contributed by atoms with Crippen LogP contribution < -0.4 is 0 Å². The van der Waals surface area contributed by atoms with Gasteiger partial charge in [0.1, 0.15) is 5.78 Å². The van der Waals surface area contributed by atoms with E-state index in [4.69, 9.17) is 0 Å². The van der Waals surface area contributed by atoms with Crippen LogP contribution in [-0.2, 0) is 20.8 Å². The lowest BCUT2D eigenvalue weighted by molar-refractivity contribution is -0.137. The fourth-order valence-corrected chi connectivity index (χ4v) is 3.52. The van der Waals surface area contributed by atoms with Crippen molar-refractivity contribution in [3.05, 3.63) is 34.2 Å². The monoisotopic (exact) mass is 290 g/mol. The second-order valence-corrected chi connectivity index (χ2v) is 6.21. The molecule has 2 rings (SSSR count). The average Bonchev–Trinajstić information content (AvgIpc) is 2.49. The minimum atomic E-state index is -4.60. The second kappa shape index (κ2) is 4.19. The Morgan fingerprint density at radius 1 is 1.26 bits per heavy atom. The molecule has 0 saturated heterocycles. The number of Topliss-reactive ketones (excluding diaryl/α,β-unsaturated/α-hetero) is 1. The summed E-state index contributed by atoms with van der Waals surface area (Å²) in [5, 5.41) is 0. The number of ketones is 1. The summed E-state index contributed by atoms with van der Waals surface area (Å²) in [4.78, 5) is 10.4. The lowest BCUT2D eigenvalue weighted by Crippen LogP contribution is -2.08. The minimum absolute atomic E-state index is 0.158. The van der Waals surface area contributed by atoms with Crippen molar-refractivity contribution in [3.63, 3.8) is 0 Å². The van der Waals surface area contributed by atoms with E-state index in [2.05, 4.69) is 0 Å². The molecule has 0 bridgehead atoms. The highest BCUT2D eigenvalue weighted by Gasteiger charge is 2.35. The Kier molecular flexibility index (Phi) is 3.04. The van der Waals surface area contributed by atoms with Crippen LogP contribution in [0.2, 0.25) is 0 Å². The molecule has 0 saturated carbocycles. The van der Waals surface area contributed by atoms with Crippen LogP contribution in [0.3, 0.4) is 0 Å². The highest BCUT2D eigenvalue weighted by molar-refractivity contribution is 7.95. The Morgan fingerprint density at radius 3 is 2.42 bits per heavy atom. The molecule has 0 radical (unpaired) electrons. The summed E-state index contributed by atoms with van der Waals surface area (Å²) in [6, 6.07) is 2.53. The van der Waals surface area contributed by atoms with Crippen molar-refractivity contribution in [1.29, 1.82) is 0 Å². The standard InChI is InChI=1S/C12H9F3O3S/c1-7(16)4-10-5-8-2-3-9(12(13,14)15)6-11(8)19(10,17)18/h2-3,5-6H,4H2,1H3. The number of alkyl halides is 3. The molecule has 1 aliphatic rings. The molecule has 0 spiro atoms. The lowest BCUT2D eigenvalue weighted by Gasteiger charge is -2.08. The molecule has 3 nitrogen and oxygen atoms in total. The summed E-state index contributed by atoms with van der Waals surface area (Å²) in [5.74, 6) is -0.362. The van der Waals surface area contributed by atoms with E-state index in [0.717, 1.165) is 12.1 Å². The molecule has 19 heavy (non-hydrogen) atoms. The van der Waals surface area contributed by atoms with E-state index in [0.29, 0.717) is 6.07 Å². The lowest BCUT2D eigenvalue weighted by atomic mass is 10.1. The number of allylic oxidation sites excluding steroid dienone is 1. The van der Waals surface area contributed by atoms with Crippen molar-refractivity contribution in [2.45, 2.75) is 24.4 Å². The first-order valence-electron chi connectivity index (χ1n) is 5.29. The maximum atomic E-state index is 12.5. The number of carbonyl (C=O) groups is 1. The van der Waals surface area contributed by atoms with Crippen molar-refractivity contribution >= 4 is 21.7 Å². The molecular formula is C12H9F3O3S. The minimum Gasteiger partial charge on any atom is -0.300 e. The van der Waals surface area contributed by atoms with Gasteiger partial charge in [-0.15, -0.1) is 0 Å². The van der Waals surface area contributed by atoms with Crippen molar-refractivity contribution in [2.75, 3.05) is 0 Å². The van der Waals surface area contributed by atoms with E-state index in [9.17, 15) is 26.4 Å². The number of hydrogen-bond acceptors (Lipinski definition) is 3. The molecule has 0 N–H and O–H groups in total. The topological polar surface area (TPSA) is 51.2 Å². The van der Waals surface area contributed by atoms with Gasteiger partial charge in [0.2, 0.25) is 9.84 Å². The highest BCUT2D eigenvalue weighted by Crippen LogP contribution is 2.38. The molecule has 0 aromatic heterocycles. The summed E-state index contributed by atoms with van der Waals surface area (Å²) in [7, 11) is -3.98. The molecule has 1 aromatic carbocycles. The van der Waals surface area contributed by atoms with Crippen LogP contribution in [0.5, 0.6) is 0 Å². The van der Waals surface area contributed by atoms with E-state index in [1.165, 1.54) is 13.0 Å². The van der Waals surface area contributed by atoms with Gasteiger partial charge in [0, 0.05) is 6.42 Å². The zero-order valence-corrected chi connectivity index (χ0v) is 10.6. The smallest absolute Gasteiger partial charge is 0.300 e. The molecule has 0 amide bonds. The molecule has 0 atom stereocenters. The van der Waals surface area contributed by atoms with Crippen molar-refractivity contribution in [2.24, 2.45) is 0 Å². The Morgan fingerprint density at radius 2 is 1.89 bits per heavy atom. The normalized spacial score (nSPS) is 16.9. The number of hydrogen-bond donors (Lipinski definition) is 0. The third-order valence-electron chi connectivity index (χ3n) is 2.72. The Balaban J connectivity index is 2.54. The van der Waals surface area contributed by atoms with Crippen LogP contribution in [0.25, 0.3) is 6.08 Å². The Bertz CT molecular complexity index is 685. The van der Waals surface area contributed by atoms with Crippen LogP contribution in [0.1, 0.15) is 24.5 Å². The van der Waals surface area contributed by atoms with E-state index >= 15 is 0 Å². The van der Waals surface area contributed by atoms with Gasteiger partial charge in [0.25, 0.3) is 0 Å². The molecule has 7 heteroatoms. The van der Waals surface area contributed by atoms with Gasteiger partial charge in [0.05, 0.1) is 15.4 Å². The summed E-state index contributed by atoms with van der Waals surface area (Å²) in [5.41, 5.74) is -0.837. The molecule has 0 unspecified atom stereocenters. The Hall–Kier alpha value is -1.63. The van der Waals surface area contributed by atoms with Crippen molar-refractivity contribution in [3.8, 4) is 0 Å². The largest absolute Gasteiger partial charge is 0.416 e. The third kappa shape index (κ3) is 2.42. The fraction of sp³-hybridized carbons (Fsp3) is 0.250. The predicted octanol–water partition coefficient (Wildman–Crippen LogP) is 2.81. The maximum Gasteiger partial charge on any atom is 0.416 e. The number of rotatable bonds is 2. The second-order valence-electron chi connectivity index (χ2n) is 4.24. The van der Waals surface area contributed by atoms with Gasteiger partial charge in [-0.2, -0.15) is 13.2 Å². The molecular weight excluding hydrogens is 281 g/mol. The summed E-state index contributed by atoms with van der Waals surface area (Å²) < 4.78 is 61.7. The maximum absolute atomic E-state index is 12.5. The van der Waals surface area contributed by atoms with Crippen molar-refractivity contribution < 1.29 is 26.4 Å². The highest BCUT2D eigenvalue weighted by atomic mass is 32.2. The molecule has 1 aromatic rings. The quantitative estimate of drug-likeness (QED) is 0.841. The number of benzene rings is 1. The van der Waals surface area contributed by atoms with Gasteiger partial charge in [-0.05, 0) is 30.7 Å². The van der Waals surface area contributed by atoms with Gasteiger partial charge in [-0.3, -0.25) is 4.79 Å². The van der Waals surface area contributed by atoms with Gasteiger partial charge in [-0.25, -0.2) is 8.42 Å². The third-order valence-corrected chi connectivity index (χ3v) is 4.60. The van der Waals surface area contributed by atoms with E-state index in [1.54, 1.807) is 0 Å². The summed E-state index contributed by atoms with van der Waals surface area (Å²) in [6.07, 6.45) is -3.67. The zero-order valence-electron chi connectivity index (χ0n) is 9.78. The van der Waals surface area contributed by atoms with E-state index < -0.39 is 26.5 Å². The predicted molar refractivity (Wildman–Crippen MR) is 61.9 cm³/mol. The summed E-state index contributed by atoms with van der Waals surface area (Å²) in [6.45, 7) is 1.22. The first-order chi connectivity index (χ1) is 8.62. The van der Waals surface area contributed by atoms with Gasteiger partial charge < -0.3 is 0 Å². The van der Waals surface area contributed by atoms with Crippen molar-refractivity contribution in [1.82, 2.24) is 0 Å². The fourth-order valence-electron chi connectivity index (χ4n) is 1.85. The van der Waals surface area contributed by atoms with Crippen LogP contribution >= 0.6 is 0 Å². The number of halogens is 3. The molecule has 0 aliphatic carbocycles. The van der Waals surface area contributed by atoms with Gasteiger partial charge in [-0.1, -0.05) is 6.07 Å². The first-order valence-corrected chi connectivity index (χ1v) is 6.77. The zero-order chi connectivity index (χ0) is 14.4. The molecule has 1 heterocycles. The van der Waals surface area contributed by atoms with Crippen LogP contribution in [0.15, 0.2) is 28.0 Å². The van der Waals surface area contributed by atoms with Crippen LogP contribution in [-0.4, -0.2) is 14.2 Å². The average molecular weight is 290 g/mol. The molecule has 0 fully saturated rings.